The van der Waals surface area contributed by atoms with Gasteiger partial charge in [0.1, 0.15) is 0 Å². The smallest absolute Gasteiger partial charge is 0.410 e. The van der Waals surface area contributed by atoms with Crippen molar-refractivity contribution in [1.82, 2.24) is 9.80 Å². The zero-order chi connectivity index (χ0) is 40.2. The van der Waals surface area contributed by atoms with Crippen LogP contribution in [0.5, 0.6) is 0 Å². The van der Waals surface area contributed by atoms with Crippen molar-refractivity contribution in [2.45, 2.75) is 175 Å². The highest BCUT2D eigenvalue weighted by molar-refractivity contribution is 5.75. The number of hydrogen-bond donors (Lipinski definition) is 0. The highest BCUT2D eigenvalue weighted by atomic mass is 16.6. The second kappa shape index (κ2) is 44.5. The molecule has 0 atom stereocenters. The van der Waals surface area contributed by atoms with Crippen LogP contribution in [0.4, 0.5) is 4.79 Å². The summed E-state index contributed by atoms with van der Waals surface area (Å²) in [4.78, 5) is 37.4. The van der Waals surface area contributed by atoms with Gasteiger partial charge >= 0.3 is 18.0 Å². The molecule has 0 aliphatic rings. The number of ether oxygens (including phenoxy) is 3. The van der Waals surface area contributed by atoms with Gasteiger partial charge in [-0.05, 0) is 91.1 Å². The Morgan fingerprint density at radius 3 is 1.26 bits per heavy atom. The maximum Gasteiger partial charge on any atom is 0.410 e. The molecule has 8 heteroatoms. The molecule has 0 heterocycles. The molecule has 54 heavy (non-hydrogen) atoms. The Hall–Kier alpha value is -2.87. The molecule has 0 aliphatic carbocycles. The van der Waals surface area contributed by atoms with E-state index in [1.807, 2.05) is 19.0 Å². The predicted octanol–water partition coefficient (Wildman–Crippen LogP) is 12.3. The zero-order valence-corrected chi connectivity index (χ0v) is 36.0. The molecule has 0 aromatic heterocycles. The molecule has 314 valence electrons. The molecule has 8 nitrogen and oxygen atoms in total. The summed E-state index contributed by atoms with van der Waals surface area (Å²) in [5, 5.41) is 0. The minimum absolute atomic E-state index is 0.164. The number of esters is 2. The number of likely N-dealkylation sites (N-methyl/N-ethyl adjacent to an activating group) is 2. The van der Waals surface area contributed by atoms with Gasteiger partial charge in [-0.2, -0.15) is 0 Å². The van der Waals surface area contributed by atoms with Crippen molar-refractivity contribution in [2.24, 2.45) is 0 Å². The topological polar surface area (TPSA) is 85.4 Å². The summed E-state index contributed by atoms with van der Waals surface area (Å²) < 4.78 is 15.0. The lowest BCUT2D eigenvalue weighted by Gasteiger charge is -2.18. The van der Waals surface area contributed by atoms with Gasteiger partial charge in [-0.15, -0.1) is 0 Å². The van der Waals surface area contributed by atoms with Gasteiger partial charge in [-0.1, -0.05) is 140 Å². The number of amides is 1. The number of nitrogens with zero attached hydrogens (tertiary/aromatic N) is 2. The Bertz CT molecular complexity index is 959. The van der Waals surface area contributed by atoms with Crippen LogP contribution in [0.15, 0.2) is 48.6 Å². The van der Waals surface area contributed by atoms with Crippen LogP contribution in [0.3, 0.4) is 0 Å². The van der Waals surface area contributed by atoms with Gasteiger partial charge in [-0.3, -0.25) is 4.79 Å². The second-order valence-electron chi connectivity index (χ2n) is 14.5. The quantitative estimate of drug-likeness (QED) is 0.0275. The molecule has 0 saturated carbocycles. The number of carbonyl (C=O) groups excluding carboxylic acids is 3. The lowest BCUT2D eigenvalue weighted by molar-refractivity contribution is -0.147. The zero-order valence-electron chi connectivity index (χ0n) is 36.0. The van der Waals surface area contributed by atoms with Gasteiger partial charge in [0.2, 0.25) is 0 Å². The van der Waals surface area contributed by atoms with Crippen LogP contribution < -0.4 is 0 Å². The minimum Gasteiger partial charge on any atom is -0.466 e. The van der Waals surface area contributed by atoms with E-state index in [1.165, 1.54) is 121 Å². The predicted molar refractivity (Wildman–Crippen MR) is 229 cm³/mol. The standard InChI is InChI=1S/C26H48N2O4.C20H36O2/c1-5-6-7-8-9-10-11-12-13-14-15-16-17-18-19-20-23-31-25(29)24-32-26(30)28(4)22-21-27(2)3;1-3-4-5-6-7-8-9-10-11-12-13-14-15-16-17-18-19-22-20(2)21/h9-10,12-13H,5-8,11,14-24H2,1-4H3;7-8,10-11H,3-6,9,12-19H2,1-2H3/b10-9-,13-12-;8-7-,11-10-. The Labute approximate surface area is 333 Å². The van der Waals surface area contributed by atoms with Crippen molar-refractivity contribution < 1.29 is 28.6 Å². The summed E-state index contributed by atoms with van der Waals surface area (Å²) in [7, 11) is 5.52. The first-order valence-corrected chi connectivity index (χ1v) is 21.7. The molecule has 0 unspecified atom stereocenters. The van der Waals surface area contributed by atoms with Crippen molar-refractivity contribution in [3.05, 3.63) is 48.6 Å². The van der Waals surface area contributed by atoms with E-state index in [-0.39, 0.29) is 12.6 Å². The monoisotopic (exact) mass is 761 g/mol. The Morgan fingerprint density at radius 2 is 0.852 bits per heavy atom. The maximum absolute atomic E-state index is 11.8. The van der Waals surface area contributed by atoms with Gasteiger partial charge in [0.15, 0.2) is 6.61 Å². The highest BCUT2D eigenvalue weighted by Gasteiger charge is 2.13. The third-order valence-electron chi connectivity index (χ3n) is 8.77. The van der Waals surface area contributed by atoms with Crippen molar-refractivity contribution >= 4 is 18.0 Å². The van der Waals surface area contributed by atoms with Gasteiger partial charge in [0, 0.05) is 27.1 Å². The molecule has 0 aromatic rings. The number of hydrogen-bond acceptors (Lipinski definition) is 7. The van der Waals surface area contributed by atoms with Crippen LogP contribution in [-0.2, 0) is 23.8 Å². The van der Waals surface area contributed by atoms with E-state index in [2.05, 4.69) is 62.5 Å². The van der Waals surface area contributed by atoms with E-state index >= 15 is 0 Å². The average molecular weight is 761 g/mol. The molecule has 0 rings (SSSR count). The van der Waals surface area contributed by atoms with Gasteiger partial charge in [-0.25, -0.2) is 9.59 Å². The molecule has 0 aromatic carbocycles. The molecular weight excluding hydrogens is 677 g/mol. The molecule has 0 N–H and O–H groups in total. The average Bonchev–Trinajstić information content (AvgIpc) is 3.15. The van der Waals surface area contributed by atoms with Crippen LogP contribution >= 0.6 is 0 Å². The van der Waals surface area contributed by atoms with E-state index in [4.69, 9.17) is 14.2 Å². The number of rotatable bonds is 35. The van der Waals surface area contributed by atoms with E-state index in [0.29, 0.717) is 19.8 Å². The molecule has 0 bridgehead atoms. The van der Waals surface area contributed by atoms with Gasteiger partial charge < -0.3 is 24.0 Å². The summed E-state index contributed by atoms with van der Waals surface area (Å²) in [6.07, 6.45) is 46.8. The fourth-order valence-corrected chi connectivity index (χ4v) is 5.30. The molecule has 0 radical (unpaired) electrons. The summed E-state index contributed by atoms with van der Waals surface area (Å²) in [5.74, 6) is -0.649. The molecule has 0 spiro atoms. The summed E-state index contributed by atoms with van der Waals surface area (Å²) in [5.41, 5.74) is 0. The number of allylic oxidation sites excluding steroid dienone is 8. The van der Waals surface area contributed by atoms with Crippen molar-refractivity contribution in [3.63, 3.8) is 0 Å². The normalized spacial score (nSPS) is 11.5. The number of carbonyl (C=O) groups is 3. The molecule has 0 saturated heterocycles. The Morgan fingerprint density at radius 1 is 0.463 bits per heavy atom. The van der Waals surface area contributed by atoms with Crippen LogP contribution in [0.2, 0.25) is 0 Å². The molecule has 0 aliphatic heterocycles. The fraction of sp³-hybridized carbons (Fsp3) is 0.761. The first kappa shape index (κ1) is 53.2. The second-order valence-corrected chi connectivity index (χ2v) is 14.5. The van der Waals surface area contributed by atoms with Crippen molar-refractivity contribution in [2.75, 3.05) is 54.1 Å². The van der Waals surface area contributed by atoms with Crippen LogP contribution in [0.25, 0.3) is 0 Å². The molecule has 0 fully saturated rings. The van der Waals surface area contributed by atoms with E-state index in [9.17, 15) is 14.4 Å². The fourth-order valence-electron chi connectivity index (χ4n) is 5.30. The van der Waals surface area contributed by atoms with Crippen molar-refractivity contribution in [1.29, 1.82) is 0 Å². The molecular formula is C46H84N2O6. The highest BCUT2D eigenvalue weighted by Crippen LogP contribution is 2.10. The first-order chi connectivity index (χ1) is 26.2. The number of unbranched alkanes of at least 4 members (excludes halogenated alkanes) is 18. The third kappa shape index (κ3) is 47.2. The maximum atomic E-state index is 11.8. The Balaban J connectivity index is 0. The van der Waals surface area contributed by atoms with Crippen LogP contribution in [0.1, 0.15) is 175 Å². The summed E-state index contributed by atoms with van der Waals surface area (Å²) in [6.45, 7) is 7.89. The molecule has 1 amide bonds. The van der Waals surface area contributed by atoms with Crippen LogP contribution in [-0.4, -0.2) is 81.9 Å². The van der Waals surface area contributed by atoms with Gasteiger partial charge in [0.25, 0.3) is 0 Å². The van der Waals surface area contributed by atoms with E-state index in [0.717, 1.165) is 51.5 Å². The third-order valence-corrected chi connectivity index (χ3v) is 8.77. The van der Waals surface area contributed by atoms with E-state index < -0.39 is 12.1 Å². The van der Waals surface area contributed by atoms with Crippen LogP contribution in [0, 0.1) is 0 Å². The Kier molecular flexibility index (Phi) is 43.9. The lowest BCUT2D eigenvalue weighted by Crippen LogP contribution is -2.35. The van der Waals surface area contributed by atoms with E-state index in [1.54, 1.807) is 7.05 Å². The summed E-state index contributed by atoms with van der Waals surface area (Å²) >= 11 is 0. The largest absolute Gasteiger partial charge is 0.466 e. The summed E-state index contributed by atoms with van der Waals surface area (Å²) in [6, 6.07) is 0. The van der Waals surface area contributed by atoms with Gasteiger partial charge in [0.05, 0.1) is 13.2 Å². The lowest BCUT2D eigenvalue weighted by atomic mass is 10.1. The first-order valence-electron chi connectivity index (χ1n) is 21.7. The van der Waals surface area contributed by atoms with Crippen molar-refractivity contribution in [3.8, 4) is 0 Å². The SMILES string of the molecule is CCCCC/C=C\C/C=C\CCCCCCCCOC(=O)COC(=O)N(C)CCN(C)C.CCCCC/C=C\C/C=C\CCCCCCCCOC(C)=O. The minimum atomic E-state index is -0.502.